The molecule has 0 saturated heterocycles. The summed E-state index contributed by atoms with van der Waals surface area (Å²) in [5.41, 5.74) is 3.85. The highest BCUT2D eigenvalue weighted by atomic mass is 14.9. The maximum Gasteiger partial charge on any atom is 0.159 e. The molecule has 0 bridgehead atoms. The van der Waals surface area contributed by atoms with Crippen molar-refractivity contribution < 1.29 is 0 Å². The van der Waals surface area contributed by atoms with Gasteiger partial charge in [0.25, 0.3) is 0 Å². The van der Waals surface area contributed by atoms with E-state index in [0.717, 1.165) is 17.8 Å². The van der Waals surface area contributed by atoms with Crippen LogP contribution in [0.15, 0.2) is 36.7 Å². The second-order valence-corrected chi connectivity index (χ2v) is 12.4. The van der Waals surface area contributed by atoms with Gasteiger partial charge in [0, 0.05) is 18.0 Å². The number of aromatic nitrogens is 2. The average molecular weight is 549 g/mol. The maximum absolute atomic E-state index is 4.68. The van der Waals surface area contributed by atoms with Crippen LogP contribution in [0.25, 0.3) is 11.4 Å². The quantitative estimate of drug-likeness (QED) is 0.104. The van der Waals surface area contributed by atoms with Crippen LogP contribution in [-0.2, 0) is 12.8 Å². The molecule has 0 aliphatic rings. The van der Waals surface area contributed by atoms with Gasteiger partial charge in [-0.2, -0.15) is 0 Å². The summed E-state index contributed by atoms with van der Waals surface area (Å²) in [4.78, 5) is 9.36. The molecule has 0 aliphatic heterocycles. The van der Waals surface area contributed by atoms with E-state index in [4.69, 9.17) is 0 Å². The Labute approximate surface area is 249 Å². The van der Waals surface area contributed by atoms with Crippen LogP contribution in [0.3, 0.4) is 0 Å². The predicted molar refractivity (Wildman–Crippen MR) is 177 cm³/mol. The first kappa shape index (κ1) is 34.5. The van der Waals surface area contributed by atoms with E-state index in [-0.39, 0.29) is 0 Å². The van der Waals surface area contributed by atoms with Gasteiger partial charge >= 0.3 is 0 Å². The summed E-state index contributed by atoms with van der Waals surface area (Å²) in [6, 6.07) is 8.95. The topological polar surface area (TPSA) is 25.8 Å². The van der Waals surface area contributed by atoms with Crippen molar-refractivity contribution in [2.45, 2.75) is 181 Å². The number of benzene rings is 1. The molecule has 226 valence electrons. The first-order valence-corrected chi connectivity index (χ1v) is 17.7. The average Bonchev–Trinajstić information content (AvgIpc) is 2.99. The number of rotatable bonds is 27. The second kappa shape index (κ2) is 25.0. The smallest absolute Gasteiger partial charge is 0.159 e. The van der Waals surface area contributed by atoms with Crippen molar-refractivity contribution >= 4 is 0 Å². The van der Waals surface area contributed by atoms with Crippen molar-refractivity contribution in [3.05, 3.63) is 47.8 Å². The van der Waals surface area contributed by atoms with Crippen molar-refractivity contribution in [2.75, 3.05) is 0 Å². The highest BCUT2D eigenvalue weighted by molar-refractivity contribution is 5.55. The molecule has 1 aromatic carbocycles. The van der Waals surface area contributed by atoms with Crippen LogP contribution in [0.1, 0.15) is 179 Å². The molecular formula is C38H64N2. The van der Waals surface area contributed by atoms with Crippen LogP contribution in [0.5, 0.6) is 0 Å². The molecule has 0 spiro atoms. The van der Waals surface area contributed by atoms with Crippen molar-refractivity contribution in [1.29, 1.82) is 0 Å². The standard InChI is InChI=1S/C38H64N2/c1-3-5-7-9-11-13-15-16-17-18-20-22-24-26-28-36-33-39-38(40-34-36)37-31-29-35(30-32-37)27-25-23-21-19-14-12-10-8-6-4-2/h29-34H,3-28H2,1-2H3. The fourth-order valence-corrected chi connectivity index (χ4v) is 5.79. The Bertz CT molecular complexity index is 795. The van der Waals surface area contributed by atoms with Gasteiger partial charge in [-0.05, 0) is 36.8 Å². The van der Waals surface area contributed by atoms with Gasteiger partial charge in [-0.1, -0.05) is 179 Å². The Kier molecular flexibility index (Phi) is 21.6. The van der Waals surface area contributed by atoms with Crippen LogP contribution in [0.2, 0.25) is 0 Å². The highest BCUT2D eigenvalue weighted by Gasteiger charge is 2.03. The third-order valence-corrected chi connectivity index (χ3v) is 8.56. The molecule has 0 atom stereocenters. The van der Waals surface area contributed by atoms with Crippen molar-refractivity contribution in [2.24, 2.45) is 0 Å². The molecule has 2 heteroatoms. The van der Waals surface area contributed by atoms with Gasteiger partial charge in [0.05, 0.1) is 0 Å². The molecule has 2 nitrogen and oxygen atoms in total. The minimum atomic E-state index is 0.857. The van der Waals surface area contributed by atoms with Crippen LogP contribution < -0.4 is 0 Å². The molecule has 1 aromatic heterocycles. The van der Waals surface area contributed by atoms with Gasteiger partial charge in [0.2, 0.25) is 0 Å². The zero-order chi connectivity index (χ0) is 28.4. The number of unbranched alkanes of at least 4 members (excludes halogenated alkanes) is 22. The molecule has 0 fully saturated rings. The lowest BCUT2D eigenvalue weighted by Crippen LogP contribution is -1.94. The van der Waals surface area contributed by atoms with E-state index in [1.54, 1.807) is 0 Å². The molecule has 0 radical (unpaired) electrons. The largest absolute Gasteiger partial charge is 0.236 e. The summed E-state index contributed by atoms with van der Waals surface area (Å²) >= 11 is 0. The first-order valence-electron chi connectivity index (χ1n) is 17.7. The Morgan fingerprint density at radius 2 is 0.700 bits per heavy atom. The highest BCUT2D eigenvalue weighted by Crippen LogP contribution is 2.19. The van der Waals surface area contributed by atoms with E-state index >= 15 is 0 Å². The lowest BCUT2D eigenvalue weighted by molar-refractivity contribution is 0.535. The fourth-order valence-electron chi connectivity index (χ4n) is 5.79. The van der Waals surface area contributed by atoms with E-state index in [2.05, 4.69) is 48.1 Å². The van der Waals surface area contributed by atoms with Gasteiger partial charge in [0.1, 0.15) is 0 Å². The molecular weight excluding hydrogens is 484 g/mol. The van der Waals surface area contributed by atoms with Crippen LogP contribution in [-0.4, -0.2) is 9.97 Å². The molecule has 0 amide bonds. The zero-order valence-electron chi connectivity index (χ0n) is 26.7. The van der Waals surface area contributed by atoms with E-state index < -0.39 is 0 Å². The normalized spacial score (nSPS) is 11.3. The van der Waals surface area contributed by atoms with Gasteiger partial charge in [-0.15, -0.1) is 0 Å². The minimum absolute atomic E-state index is 0.857. The van der Waals surface area contributed by atoms with Gasteiger partial charge in [-0.25, -0.2) is 9.97 Å². The Morgan fingerprint density at radius 3 is 1.07 bits per heavy atom. The summed E-state index contributed by atoms with van der Waals surface area (Å²) in [6.45, 7) is 4.59. The zero-order valence-corrected chi connectivity index (χ0v) is 26.7. The first-order chi connectivity index (χ1) is 19.8. The number of hydrogen-bond acceptors (Lipinski definition) is 2. The van der Waals surface area contributed by atoms with Gasteiger partial charge < -0.3 is 0 Å². The lowest BCUT2D eigenvalue weighted by atomic mass is 10.0. The van der Waals surface area contributed by atoms with E-state index in [9.17, 15) is 0 Å². The lowest BCUT2D eigenvalue weighted by Gasteiger charge is -2.06. The molecule has 0 aliphatic carbocycles. The fraction of sp³-hybridized carbons (Fsp3) is 0.737. The Morgan fingerprint density at radius 1 is 0.375 bits per heavy atom. The SMILES string of the molecule is CCCCCCCCCCCCCCCCc1cnc(-c2ccc(CCCCCCCCCCCC)cc2)nc1. The van der Waals surface area contributed by atoms with Crippen LogP contribution in [0, 0.1) is 0 Å². The maximum atomic E-state index is 4.68. The molecule has 0 saturated carbocycles. The van der Waals surface area contributed by atoms with Crippen LogP contribution >= 0.6 is 0 Å². The molecule has 2 aromatic rings. The number of hydrogen-bond donors (Lipinski definition) is 0. The number of aryl methyl sites for hydroxylation is 2. The van der Waals surface area contributed by atoms with Crippen LogP contribution in [0.4, 0.5) is 0 Å². The molecule has 40 heavy (non-hydrogen) atoms. The van der Waals surface area contributed by atoms with Crippen molar-refractivity contribution in [3.63, 3.8) is 0 Å². The summed E-state index contributed by atoms with van der Waals surface area (Å²) in [7, 11) is 0. The Balaban J connectivity index is 1.47. The minimum Gasteiger partial charge on any atom is -0.236 e. The summed E-state index contributed by atoms with van der Waals surface area (Å²) in [6.07, 6.45) is 40.1. The second-order valence-electron chi connectivity index (χ2n) is 12.4. The Hall–Kier alpha value is -1.70. The predicted octanol–water partition coefficient (Wildman–Crippen LogP) is 12.6. The van der Waals surface area contributed by atoms with Crippen molar-refractivity contribution in [1.82, 2.24) is 9.97 Å². The molecule has 0 unspecified atom stereocenters. The number of nitrogens with zero attached hydrogens (tertiary/aromatic N) is 2. The summed E-state index contributed by atoms with van der Waals surface area (Å²) in [5.74, 6) is 0.857. The monoisotopic (exact) mass is 549 g/mol. The summed E-state index contributed by atoms with van der Waals surface area (Å²) in [5, 5.41) is 0. The molecule has 2 rings (SSSR count). The third-order valence-electron chi connectivity index (χ3n) is 8.56. The molecule has 1 heterocycles. The van der Waals surface area contributed by atoms with Gasteiger partial charge in [-0.3, -0.25) is 0 Å². The van der Waals surface area contributed by atoms with E-state index in [1.807, 2.05) is 12.4 Å². The third kappa shape index (κ3) is 17.9. The molecule has 0 N–H and O–H groups in total. The summed E-state index contributed by atoms with van der Waals surface area (Å²) < 4.78 is 0. The van der Waals surface area contributed by atoms with Gasteiger partial charge in [0.15, 0.2) is 5.82 Å². The van der Waals surface area contributed by atoms with Crippen molar-refractivity contribution in [3.8, 4) is 11.4 Å². The van der Waals surface area contributed by atoms with E-state index in [0.29, 0.717) is 0 Å². The van der Waals surface area contributed by atoms with E-state index in [1.165, 1.54) is 172 Å².